The van der Waals surface area contributed by atoms with E-state index < -0.39 is 0 Å². The maximum absolute atomic E-state index is 13.5. The summed E-state index contributed by atoms with van der Waals surface area (Å²) in [5.74, 6) is 0.898. The number of benzene rings is 3. The number of hydrogen-bond donors (Lipinski definition) is 0. The van der Waals surface area contributed by atoms with Gasteiger partial charge in [0.2, 0.25) is 0 Å². The quantitative estimate of drug-likeness (QED) is 0.674. The zero-order valence-corrected chi connectivity index (χ0v) is 15.7. The molecular weight excluding hydrogens is 334 g/mol. The van der Waals surface area contributed by atoms with E-state index in [-0.39, 0.29) is 11.9 Å². The summed E-state index contributed by atoms with van der Waals surface area (Å²) >= 11 is 0. The molecule has 1 unspecified atom stereocenters. The van der Waals surface area contributed by atoms with Gasteiger partial charge in [-0.25, -0.2) is 0 Å². The molecule has 0 bridgehead atoms. The highest BCUT2D eigenvalue weighted by Crippen LogP contribution is 2.38. The summed E-state index contributed by atoms with van der Waals surface area (Å²) < 4.78 is 5.46. The fourth-order valence-electron chi connectivity index (χ4n) is 3.90. The molecule has 0 saturated heterocycles. The van der Waals surface area contributed by atoms with E-state index in [2.05, 4.69) is 24.3 Å². The Labute approximate surface area is 160 Å². The molecule has 0 aliphatic carbocycles. The summed E-state index contributed by atoms with van der Waals surface area (Å²) in [5.41, 5.74) is 5.32. The first kappa shape index (κ1) is 17.3. The van der Waals surface area contributed by atoms with E-state index in [9.17, 15) is 4.79 Å². The van der Waals surface area contributed by atoms with Crippen LogP contribution in [0.4, 0.5) is 0 Å². The second-order valence-corrected chi connectivity index (χ2v) is 6.94. The van der Waals surface area contributed by atoms with Crippen molar-refractivity contribution < 1.29 is 9.53 Å². The Morgan fingerprint density at radius 1 is 1.00 bits per heavy atom. The SMILES string of the molecule is COc1ccc2c(c1)C(c1ccccc1)N(C(=O)c1ccccc1C)CC2. The van der Waals surface area contributed by atoms with E-state index in [0.29, 0.717) is 6.54 Å². The van der Waals surface area contributed by atoms with Crippen molar-refractivity contribution in [2.45, 2.75) is 19.4 Å². The van der Waals surface area contributed by atoms with Crippen LogP contribution in [0.5, 0.6) is 5.75 Å². The molecule has 27 heavy (non-hydrogen) atoms. The first-order valence-electron chi connectivity index (χ1n) is 9.27. The van der Waals surface area contributed by atoms with Gasteiger partial charge in [0.15, 0.2) is 0 Å². The maximum atomic E-state index is 13.5. The molecule has 4 rings (SSSR count). The summed E-state index contributed by atoms with van der Waals surface area (Å²) in [6, 6.07) is 24.1. The number of rotatable bonds is 3. The number of hydrogen-bond acceptors (Lipinski definition) is 2. The van der Waals surface area contributed by atoms with Crippen LogP contribution in [0, 0.1) is 6.92 Å². The molecule has 0 saturated carbocycles. The smallest absolute Gasteiger partial charge is 0.254 e. The standard InChI is InChI=1S/C24H23NO2/c1-17-8-6-7-11-21(17)24(26)25-15-14-18-12-13-20(27-2)16-22(18)23(25)19-9-4-3-5-10-19/h3-13,16,23H,14-15H2,1-2H3. The Morgan fingerprint density at radius 2 is 1.74 bits per heavy atom. The Bertz CT molecular complexity index is 965. The molecule has 3 nitrogen and oxygen atoms in total. The minimum Gasteiger partial charge on any atom is -0.497 e. The summed E-state index contributed by atoms with van der Waals surface area (Å²) in [6.45, 7) is 2.69. The highest BCUT2D eigenvalue weighted by Gasteiger charge is 2.33. The molecule has 0 aromatic heterocycles. The van der Waals surface area contributed by atoms with E-state index in [1.165, 1.54) is 5.56 Å². The van der Waals surface area contributed by atoms with Gasteiger partial charge in [0.25, 0.3) is 5.91 Å². The molecule has 0 N–H and O–H groups in total. The van der Waals surface area contributed by atoms with Gasteiger partial charge >= 0.3 is 0 Å². The van der Waals surface area contributed by atoms with Crippen molar-refractivity contribution in [2.24, 2.45) is 0 Å². The van der Waals surface area contributed by atoms with Gasteiger partial charge in [-0.3, -0.25) is 4.79 Å². The third-order valence-corrected chi connectivity index (χ3v) is 5.33. The van der Waals surface area contributed by atoms with E-state index in [1.807, 2.05) is 60.4 Å². The summed E-state index contributed by atoms with van der Waals surface area (Å²) in [7, 11) is 1.68. The van der Waals surface area contributed by atoms with Crippen LogP contribution in [0.1, 0.15) is 38.7 Å². The van der Waals surface area contributed by atoms with Crippen LogP contribution < -0.4 is 4.74 Å². The van der Waals surface area contributed by atoms with Crippen LogP contribution in [-0.2, 0) is 6.42 Å². The van der Waals surface area contributed by atoms with Gasteiger partial charge in [0.05, 0.1) is 13.2 Å². The lowest BCUT2D eigenvalue weighted by molar-refractivity contribution is 0.0693. The lowest BCUT2D eigenvalue weighted by Crippen LogP contribution is -2.40. The van der Waals surface area contributed by atoms with Crippen LogP contribution in [0.2, 0.25) is 0 Å². The van der Waals surface area contributed by atoms with Gasteiger partial charge in [-0.15, -0.1) is 0 Å². The highest BCUT2D eigenvalue weighted by atomic mass is 16.5. The van der Waals surface area contributed by atoms with Crippen molar-refractivity contribution in [3.05, 3.63) is 101 Å². The first-order chi connectivity index (χ1) is 13.2. The topological polar surface area (TPSA) is 29.5 Å². The molecule has 0 spiro atoms. The average molecular weight is 357 g/mol. The van der Waals surface area contributed by atoms with Crippen molar-refractivity contribution in [2.75, 3.05) is 13.7 Å². The number of amides is 1. The molecule has 136 valence electrons. The highest BCUT2D eigenvalue weighted by molar-refractivity contribution is 5.96. The first-order valence-corrected chi connectivity index (χ1v) is 9.27. The van der Waals surface area contributed by atoms with Crippen molar-refractivity contribution in [3.8, 4) is 5.75 Å². The lowest BCUT2D eigenvalue weighted by atomic mass is 9.87. The molecule has 1 atom stereocenters. The Kier molecular flexibility index (Phi) is 4.68. The molecule has 0 fully saturated rings. The van der Waals surface area contributed by atoms with Gasteiger partial charge in [-0.05, 0) is 53.8 Å². The van der Waals surface area contributed by atoms with Crippen LogP contribution in [-0.4, -0.2) is 24.5 Å². The van der Waals surface area contributed by atoms with Crippen molar-refractivity contribution in [1.82, 2.24) is 4.90 Å². The fourth-order valence-corrected chi connectivity index (χ4v) is 3.90. The molecule has 3 aromatic carbocycles. The zero-order chi connectivity index (χ0) is 18.8. The van der Waals surface area contributed by atoms with Crippen LogP contribution in [0.15, 0.2) is 72.8 Å². The largest absolute Gasteiger partial charge is 0.497 e. The molecule has 1 aliphatic heterocycles. The van der Waals surface area contributed by atoms with E-state index in [1.54, 1.807) is 7.11 Å². The molecule has 3 aromatic rings. The number of nitrogens with zero attached hydrogens (tertiary/aromatic N) is 1. The Hall–Kier alpha value is -3.07. The average Bonchev–Trinajstić information content (AvgIpc) is 2.73. The maximum Gasteiger partial charge on any atom is 0.254 e. The van der Waals surface area contributed by atoms with Crippen LogP contribution in [0.25, 0.3) is 0 Å². The zero-order valence-electron chi connectivity index (χ0n) is 15.7. The Morgan fingerprint density at radius 3 is 2.48 bits per heavy atom. The predicted molar refractivity (Wildman–Crippen MR) is 107 cm³/mol. The number of ether oxygens (including phenoxy) is 1. The number of carbonyl (C=O) groups excluding carboxylic acids is 1. The normalized spacial score (nSPS) is 15.9. The number of methoxy groups -OCH3 is 1. The van der Waals surface area contributed by atoms with Crippen molar-refractivity contribution in [1.29, 1.82) is 0 Å². The number of aryl methyl sites for hydroxylation is 1. The van der Waals surface area contributed by atoms with E-state index in [0.717, 1.165) is 34.4 Å². The summed E-state index contributed by atoms with van der Waals surface area (Å²) in [5, 5.41) is 0. The van der Waals surface area contributed by atoms with Gasteiger partial charge in [0, 0.05) is 12.1 Å². The van der Waals surface area contributed by atoms with E-state index >= 15 is 0 Å². The van der Waals surface area contributed by atoms with Gasteiger partial charge in [-0.1, -0.05) is 54.6 Å². The molecule has 1 aliphatic rings. The van der Waals surface area contributed by atoms with Crippen LogP contribution in [0.3, 0.4) is 0 Å². The van der Waals surface area contributed by atoms with Crippen molar-refractivity contribution in [3.63, 3.8) is 0 Å². The third-order valence-electron chi connectivity index (χ3n) is 5.33. The predicted octanol–water partition coefficient (Wildman–Crippen LogP) is 4.79. The summed E-state index contributed by atoms with van der Waals surface area (Å²) in [4.78, 5) is 15.5. The summed E-state index contributed by atoms with van der Waals surface area (Å²) in [6.07, 6.45) is 0.848. The van der Waals surface area contributed by atoms with Gasteiger partial charge < -0.3 is 9.64 Å². The van der Waals surface area contributed by atoms with Gasteiger partial charge in [-0.2, -0.15) is 0 Å². The Balaban J connectivity index is 1.84. The second-order valence-electron chi connectivity index (χ2n) is 6.94. The van der Waals surface area contributed by atoms with E-state index in [4.69, 9.17) is 4.74 Å². The van der Waals surface area contributed by atoms with Gasteiger partial charge in [0.1, 0.15) is 5.75 Å². The minimum absolute atomic E-state index is 0.0791. The lowest BCUT2D eigenvalue weighted by Gasteiger charge is -2.38. The molecule has 1 heterocycles. The number of carbonyl (C=O) groups is 1. The molecular formula is C24H23NO2. The second kappa shape index (κ2) is 7.28. The number of fused-ring (bicyclic) bond motifs is 1. The molecule has 1 amide bonds. The molecule has 0 radical (unpaired) electrons. The fraction of sp³-hybridized carbons (Fsp3) is 0.208. The minimum atomic E-state index is -0.114. The van der Waals surface area contributed by atoms with Crippen LogP contribution >= 0.6 is 0 Å². The molecule has 3 heteroatoms. The third kappa shape index (κ3) is 3.21. The van der Waals surface area contributed by atoms with Crippen molar-refractivity contribution >= 4 is 5.91 Å². The monoisotopic (exact) mass is 357 g/mol.